The Hall–Kier alpha value is -7.26. The molecular formula is C49H38N2O7. The quantitative estimate of drug-likeness (QED) is 0.147. The van der Waals surface area contributed by atoms with Crippen LogP contribution in [0.1, 0.15) is 49.3 Å². The first-order chi connectivity index (χ1) is 27.9. The molecule has 5 aromatic carbocycles. The van der Waals surface area contributed by atoms with Gasteiger partial charge < -0.3 is 23.8 Å². The Kier molecular flexibility index (Phi) is 8.81. The third-order valence-corrected chi connectivity index (χ3v) is 10.9. The summed E-state index contributed by atoms with van der Waals surface area (Å²) in [6, 6.07) is 32.9. The molecule has 9 aromatic rings. The number of aromatic carboxylic acids is 1. The Balaban J connectivity index is 1.09. The molecule has 0 spiro atoms. The van der Waals surface area contributed by atoms with E-state index in [1.807, 2.05) is 107 Å². The van der Waals surface area contributed by atoms with Gasteiger partial charge in [-0.2, -0.15) is 0 Å². The second-order valence-electron chi connectivity index (χ2n) is 15.0. The lowest BCUT2D eigenvalue weighted by atomic mass is 9.98. The van der Waals surface area contributed by atoms with Crippen LogP contribution in [0.2, 0.25) is 0 Å². The number of hydrogen-bond donors (Lipinski definition) is 2. The first-order valence-electron chi connectivity index (χ1n) is 19.0. The van der Waals surface area contributed by atoms with Crippen LogP contribution >= 0.6 is 0 Å². The number of carboxylic acids is 2. The Morgan fingerprint density at radius 1 is 0.638 bits per heavy atom. The SMILES string of the molecule is Cc1cc(C)c2nc(-c3oc4ccc(-c5ccc6oc(-c7cc(C(=O)O)c8cc(C)c(OCc9ccccc9)cc8n7)c(C)c6c5)cc4c3C)cc(CC(=O)O)c2c1. The number of pyridine rings is 2. The number of aryl methyl sites for hydroxylation is 5. The van der Waals surface area contributed by atoms with Crippen molar-refractivity contribution < 1.29 is 33.4 Å². The van der Waals surface area contributed by atoms with E-state index in [1.165, 1.54) is 0 Å². The second-order valence-corrected chi connectivity index (χ2v) is 15.0. The van der Waals surface area contributed by atoms with Gasteiger partial charge in [-0.15, -0.1) is 0 Å². The van der Waals surface area contributed by atoms with Gasteiger partial charge >= 0.3 is 11.9 Å². The third-order valence-electron chi connectivity index (χ3n) is 10.9. The van der Waals surface area contributed by atoms with Gasteiger partial charge in [-0.1, -0.05) is 54.1 Å². The molecule has 2 N–H and O–H groups in total. The monoisotopic (exact) mass is 766 g/mol. The molecule has 0 aliphatic heterocycles. The molecule has 0 aliphatic carbocycles. The van der Waals surface area contributed by atoms with Crippen molar-refractivity contribution in [2.45, 2.75) is 47.6 Å². The molecule has 9 nitrogen and oxygen atoms in total. The van der Waals surface area contributed by atoms with Crippen molar-refractivity contribution in [1.82, 2.24) is 9.97 Å². The highest BCUT2D eigenvalue weighted by molar-refractivity contribution is 6.05. The Morgan fingerprint density at radius 3 is 1.90 bits per heavy atom. The van der Waals surface area contributed by atoms with Crippen molar-refractivity contribution in [1.29, 1.82) is 0 Å². The van der Waals surface area contributed by atoms with E-state index >= 15 is 0 Å². The summed E-state index contributed by atoms with van der Waals surface area (Å²) in [6.45, 7) is 10.2. The fourth-order valence-electron chi connectivity index (χ4n) is 8.01. The Morgan fingerprint density at radius 2 is 1.28 bits per heavy atom. The highest BCUT2D eigenvalue weighted by Gasteiger charge is 2.22. The van der Waals surface area contributed by atoms with Crippen molar-refractivity contribution in [3.63, 3.8) is 0 Å². The molecule has 0 atom stereocenters. The number of furan rings is 2. The number of aromatic nitrogens is 2. The number of carbonyl (C=O) groups is 2. The average molecular weight is 767 g/mol. The molecule has 0 aliphatic rings. The summed E-state index contributed by atoms with van der Waals surface area (Å²) in [5, 5.41) is 23.2. The molecule has 0 saturated heterocycles. The van der Waals surface area contributed by atoms with Crippen LogP contribution in [0.5, 0.6) is 5.75 Å². The highest BCUT2D eigenvalue weighted by Crippen LogP contribution is 2.40. The van der Waals surface area contributed by atoms with E-state index in [-0.39, 0.29) is 12.0 Å². The van der Waals surface area contributed by atoms with E-state index in [0.29, 0.717) is 62.9 Å². The minimum absolute atomic E-state index is 0.127. The summed E-state index contributed by atoms with van der Waals surface area (Å²) in [7, 11) is 0. The molecule has 0 radical (unpaired) electrons. The Labute approximate surface area is 333 Å². The van der Waals surface area contributed by atoms with Crippen LogP contribution in [0.25, 0.3) is 77.8 Å². The van der Waals surface area contributed by atoms with E-state index in [4.69, 9.17) is 23.5 Å². The van der Waals surface area contributed by atoms with Crippen LogP contribution in [-0.4, -0.2) is 32.1 Å². The van der Waals surface area contributed by atoms with E-state index in [9.17, 15) is 19.8 Å². The van der Waals surface area contributed by atoms with Crippen LogP contribution in [0.3, 0.4) is 0 Å². The standard InChI is InChI=1S/C49H38N2O7/c1-25-15-27(3)46-36(16-25)33(21-45(52)53)20-40(51-46)47-28(4)34-18-31(11-13-42(34)57-47)32-12-14-43-35(19-32)29(5)48(58-43)41-22-38(49(54)55)37-17-26(2)44(23-39(37)50-41)56-24-30-9-7-6-8-10-30/h6-20,22-23H,21,24H2,1-5H3,(H,52,53)(H,54,55). The van der Waals surface area contributed by atoms with Crippen LogP contribution < -0.4 is 4.74 Å². The molecule has 0 saturated carbocycles. The van der Waals surface area contributed by atoms with Gasteiger partial charge in [0.2, 0.25) is 0 Å². The summed E-state index contributed by atoms with van der Waals surface area (Å²) in [4.78, 5) is 34.3. The zero-order chi connectivity index (χ0) is 40.4. The molecule has 4 heterocycles. The predicted molar refractivity (Wildman–Crippen MR) is 226 cm³/mol. The highest BCUT2D eigenvalue weighted by atomic mass is 16.5. The fraction of sp³-hybridized carbons (Fsp3) is 0.143. The zero-order valence-corrected chi connectivity index (χ0v) is 32.6. The summed E-state index contributed by atoms with van der Waals surface area (Å²) in [5.74, 6) is -0.252. The number of hydrogen-bond acceptors (Lipinski definition) is 7. The van der Waals surface area contributed by atoms with E-state index in [2.05, 4.69) is 18.2 Å². The normalized spacial score (nSPS) is 11.6. The molecule has 0 fully saturated rings. The average Bonchev–Trinajstić information content (AvgIpc) is 3.72. The van der Waals surface area contributed by atoms with E-state index < -0.39 is 11.9 Å². The maximum absolute atomic E-state index is 12.6. The van der Waals surface area contributed by atoms with Crippen molar-refractivity contribution >= 4 is 55.7 Å². The van der Waals surface area contributed by atoms with Crippen molar-refractivity contribution in [2.24, 2.45) is 0 Å². The largest absolute Gasteiger partial charge is 0.489 e. The summed E-state index contributed by atoms with van der Waals surface area (Å²) in [6.07, 6.45) is -0.127. The van der Waals surface area contributed by atoms with Crippen LogP contribution in [0.15, 0.2) is 112 Å². The van der Waals surface area contributed by atoms with Crippen LogP contribution in [0.4, 0.5) is 0 Å². The van der Waals surface area contributed by atoms with Gasteiger partial charge in [0.1, 0.15) is 34.9 Å². The van der Waals surface area contributed by atoms with Crippen LogP contribution in [0, 0.1) is 34.6 Å². The number of carboxylic acid groups (broad SMARTS) is 2. The molecule has 0 bridgehead atoms. The molecule has 9 heteroatoms. The lowest BCUT2D eigenvalue weighted by Gasteiger charge is -2.12. The number of aliphatic carboxylic acids is 1. The van der Waals surface area contributed by atoms with Gasteiger partial charge in [0.25, 0.3) is 0 Å². The van der Waals surface area contributed by atoms with E-state index in [0.717, 1.165) is 66.2 Å². The molecule has 9 rings (SSSR count). The third kappa shape index (κ3) is 6.40. The Bertz CT molecular complexity index is 3160. The minimum Gasteiger partial charge on any atom is -0.489 e. The minimum atomic E-state index is -1.06. The fourth-order valence-corrected chi connectivity index (χ4v) is 8.01. The number of benzene rings is 5. The van der Waals surface area contributed by atoms with Crippen molar-refractivity contribution in [3.8, 4) is 39.8 Å². The first-order valence-corrected chi connectivity index (χ1v) is 19.0. The van der Waals surface area contributed by atoms with Crippen molar-refractivity contribution in [3.05, 3.63) is 148 Å². The molecule has 0 amide bonds. The number of ether oxygens (including phenoxy) is 1. The summed E-state index contributed by atoms with van der Waals surface area (Å²) >= 11 is 0. The lowest BCUT2D eigenvalue weighted by molar-refractivity contribution is -0.136. The van der Waals surface area contributed by atoms with Gasteiger partial charge in [-0.25, -0.2) is 14.8 Å². The maximum Gasteiger partial charge on any atom is 0.336 e. The molecule has 58 heavy (non-hydrogen) atoms. The van der Waals surface area contributed by atoms with Gasteiger partial charge in [0.15, 0.2) is 11.5 Å². The molecule has 0 unspecified atom stereocenters. The van der Waals surface area contributed by atoms with Crippen molar-refractivity contribution in [2.75, 3.05) is 0 Å². The number of fused-ring (bicyclic) bond motifs is 4. The second kappa shape index (κ2) is 14.0. The lowest BCUT2D eigenvalue weighted by Crippen LogP contribution is -2.03. The van der Waals surface area contributed by atoms with Gasteiger partial charge in [0.05, 0.1) is 23.0 Å². The molecular weight excluding hydrogens is 729 g/mol. The predicted octanol–water partition coefficient (Wildman–Crippen LogP) is 11.7. The summed E-state index contributed by atoms with van der Waals surface area (Å²) in [5.41, 5.74) is 11.9. The zero-order valence-electron chi connectivity index (χ0n) is 32.6. The summed E-state index contributed by atoms with van der Waals surface area (Å²) < 4.78 is 19.0. The molecule has 4 aromatic heterocycles. The number of rotatable bonds is 9. The van der Waals surface area contributed by atoms with Gasteiger partial charge in [-0.05, 0) is 117 Å². The topological polar surface area (TPSA) is 136 Å². The maximum atomic E-state index is 12.6. The van der Waals surface area contributed by atoms with Gasteiger partial charge in [0, 0.05) is 38.7 Å². The molecule has 286 valence electrons. The van der Waals surface area contributed by atoms with E-state index in [1.54, 1.807) is 12.1 Å². The van der Waals surface area contributed by atoms with Crippen LogP contribution in [-0.2, 0) is 17.8 Å². The number of nitrogens with zero attached hydrogens (tertiary/aromatic N) is 2. The first kappa shape index (κ1) is 36.4. The van der Waals surface area contributed by atoms with Gasteiger partial charge in [-0.3, -0.25) is 4.79 Å². The smallest absolute Gasteiger partial charge is 0.336 e.